The minimum Gasteiger partial charge on any atom is -0.478 e. The third-order valence-electron chi connectivity index (χ3n) is 3.09. The van der Waals surface area contributed by atoms with Gasteiger partial charge in [0.2, 0.25) is 0 Å². The molecule has 1 N–H and O–H groups in total. The Kier molecular flexibility index (Phi) is 6.22. The van der Waals surface area contributed by atoms with Gasteiger partial charge in [0, 0.05) is 18.3 Å². The Bertz CT molecular complexity index is 378. The molecule has 0 aromatic heterocycles. The Morgan fingerprint density at radius 3 is 2.44 bits per heavy atom. The van der Waals surface area contributed by atoms with Gasteiger partial charge in [-0.25, -0.2) is 4.79 Å². The molecule has 0 radical (unpaired) electrons. The summed E-state index contributed by atoms with van der Waals surface area (Å²) in [6.45, 7) is 3.06. The molecule has 18 heavy (non-hydrogen) atoms. The number of carboxylic acids is 1. The highest BCUT2D eigenvalue weighted by Crippen LogP contribution is 2.13. The first-order valence-electron chi connectivity index (χ1n) is 6.09. The third kappa shape index (κ3) is 4.35. The molecule has 0 bridgehead atoms. The molecule has 0 saturated carbocycles. The van der Waals surface area contributed by atoms with Crippen molar-refractivity contribution in [2.75, 3.05) is 19.1 Å². The highest BCUT2D eigenvalue weighted by Gasteiger charge is 2.12. The van der Waals surface area contributed by atoms with Crippen molar-refractivity contribution in [3.05, 3.63) is 35.4 Å². The van der Waals surface area contributed by atoms with Gasteiger partial charge in [-0.15, -0.1) is 0 Å². The van der Waals surface area contributed by atoms with E-state index in [2.05, 4.69) is 25.1 Å². The van der Waals surface area contributed by atoms with E-state index in [1.165, 1.54) is 0 Å². The van der Waals surface area contributed by atoms with Crippen molar-refractivity contribution in [3.8, 4) is 0 Å². The van der Waals surface area contributed by atoms with E-state index in [1.54, 1.807) is 12.1 Å². The lowest BCUT2D eigenvalue weighted by Crippen LogP contribution is -2.32. The molecule has 0 aliphatic rings. The maximum atomic E-state index is 10.8. The Morgan fingerprint density at radius 1 is 1.39 bits per heavy atom. The second-order valence-corrected chi connectivity index (χ2v) is 5.35. The lowest BCUT2D eigenvalue weighted by atomic mass is 10.1. The minimum absolute atomic E-state index is 0.345. The van der Waals surface area contributed by atoms with Crippen molar-refractivity contribution in [1.82, 2.24) is 4.90 Å². The molecule has 1 atom stereocenters. The number of rotatable bonds is 7. The third-order valence-corrected chi connectivity index (χ3v) is 3.80. The molecule has 4 heteroatoms. The van der Waals surface area contributed by atoms with Crippen LogP contribution in [0.1, 0.15) is 29.3 Å². The zero-order chi connectivity index (χ0) is 13.5. The molecule has 0 fully saturated rings. The van der Waals surface area contributed by atoms with Gasteiger partial charge in [-0.2, -0.15) is 11.8 Å². The lowest BCUT2D eigenvalue weighted by Gasteiger charge is -2.26. The average Bonchev–Trinajstić information content (AvgIpc) is 2.36. The van der Waals surface area contributed by atoms with E-state index in [0.717, 1.165) is 24.3 Å². The molecule has 0 spiro atoms. The molecular formula is C14H21NO2S. The van der Waals surface area contributed by atoms with Gasteiger partial charge in [0.15, 0.2) is 0 Å². The summed E-state index contributed by atoms with van der Waals surface area (Å²) in [5.74, 6) is 0.254. The predicted octanol–water partition coefficient (Wildman–Crippen LogP) is 2.96. The first-order chi connectivity index (χ1) is 8.58. The van der Waals surface area contributed by atoms with Gasteiger partial charge < -0.3 is 5.11 Å². The summed E-state index contributed by atoms with van der Waals surface area (Å²) in [5.41, 5.74) is 1.50. The Morgan fingerprint density at radius 2 is 2.00 bits per heavy atom. The number of thioether (sulfide) groups is 1. The van der Waals surface area contributed by atoms with Crippen LogP contribution in [0.15, 0.2) is 24.3 Å². The van der Waals surface area contributed by atoms with E-state index in [4.69, 9.17) is 5.11 Å². The molecular weight excluding hydrogens is 246 g/mol. The van der Waals surface area contributed by atoms with E-state index in [1.807, 2.05) is 23.9 Å². The standard InChI is InChI=1S/C14H21NO2S/c1-4-13(10-18-3)15(2)9-11-5-7-12(8-6-11)14(16)17/h5-8,13H,4,9-10H2,1-3H3,(H,16,17). The van der Waals surface area contributed by atoms with E-state index >= 15 is 0 Å². The summed E-state index contributed by atoms with van der Waals surface area (Å²) >= 11 is 1.86. The fourth-order valence-electron chi connectivity index (χ4n) is 1.92. The normalized spacial score (nSPS) is 12.7. The second-order valence-electron chi connectivity index (χ2n) is 4.43. The van der Waals surface area contributed by atoms with Crippen molar-refractivity contribution in [1.29, 1.82) is 0 Å². The molecule has 3 nitrogen and oxygen atoms in total. The van der Waals surface area contributed by atoms with Crippen molar-refractivity contribution in [2.45, 2.75) is 25.9 Å². The van der Waals surface area contributed by atoms with Crippen molar-refractivity contribution < 1.29 is 9.90 Å². The second kappa shape index (κ2) is 7.44. The number of hydrogen-bond donors (Lipinski definition) is 1. The van der Waals surface area contributed by atoms with E-state index in [0.29, 0.717) is 11.6 Å². The summed E-state index contributed by atoms with van der Waals surface area (Å²) in [6, 6.07) is 7.69. The SMILES string of the molecule is CCC(CSC)N(C)Cc1ccc(C(=O)O)cc1. The molecule has 1 aromatic carbocycles. The highest BCUT2D eigenvalue weighted by atomic mass is 32.2. The number of hydrogen-bond acceptors (Lipinski definition) is 3. The highest BCUT2D eigenvalue weighted by molar-refractivity contribution is 7.98. The number of nitrogens with zero attached hydrogens (tertiary/aromatic N) is 1. The molecule has 1 rings (SSSR count). The number of aromatic carboxylic acids is 1. The average molecular weight is 267 g/mol. The number of benzene rings is 1. The van der Waals surface area contributed by atoms with E-state index in [-0.39, 0.29) is 0 Å². The van der Waals surface area contributed by atoms with Gasteiger partial charge in [0.1, 0.15) is 0 Å². The Balaban J connectivity index is 2.63. The molecule has 0 aliphatic carbocycles. The van der Waals surface area contributed by atoms with Gasteiger partial charge >= 0.3 is 5.97 Å². The van der Waals surface area contributed by atoms with Crippen LogP contribution in [-0.4, -0.2) is 41.1 Å². The van der Waals surface area contributed by atoms with Crippen LogP contribution in [-0.2, 0) is 6.54 Å². The van der Waals surface area contributed by atoms with Gasteiger partial charge in [-0.3, -0.25) is 4.90 Å². The zero-order valence-electron chi connectivity index (χ0n) is 11.2. The van der Waals surface area contributed by atoms with E-state index in [9.17, 15) is 4.79 Å². The molecule has 100 valence electrons. The first kappa shape index (κ1) is 15.1. The molecule has 0 saturated heterocycles. The summed E-state index contributed by atoms with van der Waals surface area (Å²) in [4.78, 5) is 13.1. The maximum absolute atomic E-state index is 10.8. The van der Waals surface area contributed by atoms with Crippen molar-refractivity contribution in [2.24, 2.45) is 0 Å². The quantitative estimate of drug-likeness (QED) is 0.824. The number of carboxylic acid groups (broad SMARTS) is 1. The molecule has 0 heterocycles. The van der Waals surface area contributed by atoms with Crippen LogP contribution >= 0.6 is 11.8 Å². The van der Waals surface area contributed by atoms with Crippen LogP contribution in [0.2, 0.25) is 0 Å². The molecule has 0 amide bonds. The largest absolute Gasteiger partial charge is 0.478 e. The summed E-state index contributed by atoms with van der Waals surface area (Å²) in [7, 11) is 2.12. The zero-order valence-corrected chi connectivity index (χ0v) is 12.0. The summed E-state index contributed by atoms with van der Waals surface area (Å²) < 4.78 is 0. The van der Waals surface area contributed by atoms with Gasteiger partial charge in [-0.1, -0.05) is 19.1 Å². The first-order valence-corrected chi connectivity index (χ1v) is 7.49. The monoisotopic (exact) mass is 267 g/mol. The maximum Gasteiger partial charge on any atom is 0.335 e. The Hall–Kier alpha value is -1.00. The predicted molar refractivity (Wildman–Crippen MR) is 77.3 cm³/mol. The van der Waals surface area contributed by atoms with Crippen LogP contribution in [0.5, 0.6) is 0 Å². The summed E-state index contributed by atoms with van der Waals surface area (Å²) in [5, 5.41) is 8.84. The van der Waals surface area contributed by atoms with E-state index < -0.39 is 5.97 Å². The number of carbonyl (C=O) groups is 1. The fraction of sp³-hybridized carbons (Fsp3) is 0.500. The van der Waals surface area contributed by atoms with Crippen molar-refractivity contribution >= 4 is 17.7 Å². The Labute approximate surface area is 113 Å². The van der Waals surface area contributed by atoms with Crippen LogP contribution in [0.3, 0.4) is 0 Å². The molecule has 1 unspecified atom stereocenters. The molecule has 0 aliphatic heterocycles. The van der Waals surface area contributed by atoms with Gasteiger partial charge in [0.25, 0.3) is 0 Å². The van der Waals surface area contributed by atoms with Gasteiger partial charge in [-0.05, 0) is 37.4 Å². The lowest BCUT2D eigenvalue weighted by molar-refractivity contribution is 0.0697. The van der Waals surface area contributed by atoms with Crippen LogP contribution < -0.4 is 0 Å². The smallest absolute Gasteiger partial charge is 0.335 e. The topological polar surface area (TPSA) is 40.5 Å². The van der Waals surface area contributed by atoms with Crippen LogP contribution in [0, 0.1) is 0 Å². The molecule has 1 aromatic rings. The summed E-state index contributed by atoms with van der Waals surface area (Å²) in [6.07, 6.45) is 3.25. The van der Waals surface area contributed by atoms with Crippen LogP contribution in [0.4, 0.5) is 0 Å². The minimum atomic E-state index is -0.872. The van der Waals surface area contributed by atoms with Gasteiger partial charge in [0.05, 0.1) is 5.56 Å². The van der Waals surface area contributed by atoms with Crippen LogP contribution in [0.25, 0.3) is 0 Å². The fourth-order valence-corrected chi connectivity index (χ4v) is 2.79. The van der Waals surface area contributed by atoms with Crippen molar-refractivity contribution in [3.63, 3.8) is 0 Å².